The van der Waals surface area contributed by atoms with E-state index in [0.29, 0.717) is 35.3 Å². The molecule has 3 rings (SSSR count). The van der Waals surface area contributed by atoms with Crippen molar-refractivity contribution in [3.8, 4) is 5.75 Å². The minimum absolute atomic E-state index is 0.114. The Hall–Kier alpha value is -2.41. The Kier molecular flexibility index (Phi) is 6.67. The van der Waals surface area contributed by atoms with Crippen LogP contribution in [0.4, 0.5) is 5.13 Å². The number of carbonyl (C=O) groups is 2. The van der Waals surface area contributed by atoms with Crippen molar-refractivity contribution in [3.05, 3.63) is 40.4 Å². The van der Waals surface area contributed by atoms with Gasteiger partial charge in [-0.15, -0.1) is 0 Å². The zero-order valence-corrected chi connectivity index (χ0v) is 17.4. The van der Waals surface area contributed by atoms with Crippen molar-refractivity contribution in [2.45, 2.75) is 52.6 Å². The number of esters is 1. The highest BCUT2D eigenvalue weighted by Crippen LogP contribution is 2.32. The van der Waals surface area contributed by atoms with Crippen LogP contribution in [0.1, 0.15) is 54.0 Å². The molecule has 6 nitrogen and oxygen atoms in total. The normalized spacial score (nSPS) is 15.0. The van der Waals surface area contributed by atoms with Gasteiger partial charge in [0.25, 0.3) is 5.91 Å². The Bertz CT molecular complexity index is 824. The first-order valence-corrected chi connectivity index (χ1v) is 10.6. The van der Waals surface area contributed by atoms with E-state index >= 15 is 0 Å². The summed E-state index contributed by atoms with van der Waals surface area (Å²) in [5.74, 6) is 0.252. The van der Waals surface area contributed by atoms with Gasteiger partial charge in [-0.1, -0.05) is 49.3 Å². The lowest BCUT2D eigenvalue weighted by Gasteiger charge is -2.23. The number of thiazole rings is 1. The maximum Gasteiger partial charge on any atom is 0.350 e. The highest BCUT2D eigenvalue weighted by Gasteiger charge is 2.34. The molecule has 2 aromatic rings. The standard InChI is InChI=1S/C21H26N2O4S/c1-4-6-9-12-23(21-22-14(3)18(28-21)20(25)26-5-2)19(24)17-13-15-10-7-8-11-16(15)27-17/h7-8,10-11,17H,4-6,9,12-13H2,1-3H3. The van der Waals surface area contributed by atoms with Gasteiger partial charge in [-0.2, -0.15) is 0 Å². The summed E-state index contributed by atoms with van der Waals surface area (Å²) < 4.78 is 11.0. The molecule has 150 valence electrons. The number of anilines is 1. The molecule has 7 heteroatoms. The van der Waals surface area contributed by atoms with Crippen molar-refractivity contribution in [1.82, 2.24) is 4.98 Å². The molecule has 1 aliphatic rings. The van der Waals surface area contributed by atoms with Gasteiger partial charge >= 0.3 is 5.97 Å². The number of hydrogen-bond acceptors (Lipinski definition) is 6. The summed E-state index contributed by atoms with van der Waals surface area (Å²) in [6, 6.07) is 7.72. The van der Waals surface area contributed by atoms with Crippen LogP contribution in [0.3, 0.4) is 0 Å². The molecule has 2 heterocycles. The quantitative estimate of drug-likeness (QED) is 0.490. The minimum Gasteiger partial charge on any atom is -0.480 e. The highest BCUT2D eigenvalue weighted by molar-refractivity contribution is 7.17. The van der Waals surface area contributed by atoms with E-state index in [9.17, 15) is 9.59 Å². The van der Waals surface area contributed by atoms with Crippen LogP contribution < -0.4 is 9.64 Å². The number of ether oxygens (including phenoxy) is 2. The number of carbonyl (C=O) groups excluding carboxylic acids is 2. The molecule has 0 bridgehead atoms. The van der Waals surface area contributed by atoms with Gasteiger partial charge in [0, 0.05) is 13.0 Å². The third kappa shape index (κ3) is 4.35. The molecule has 0 saturated carbocycles. The first-order valence-electron chi connectivity index (χ1n) is 9.75. The van der Waals surface area contributed by atoms with Gasteiger partial charge < -0.3 is 9.47 Å². The summed E-state index contributed by atoms with van der Waals surface area (Å²) in [5.41, 5.74) is 1.62. The first kappa shape index (κ1) is 20.3. The Labute approximate surface area is 169 Å². The summed E-state index contributed by atoms with van der Waals surface area (Å²) >= 11 is 1.21. The summed E-state index contributed by atoms with van der Waals surface area (Å²) in [4.78, 5) is 32.1. The summed E-state index contributed by atoms with van der Waals surface area (Å²) in [5, 5.41) is 0.529. The molecule has 0 N–H and O–H groups in total. The molecule has 0 saturated heterocycles. The molecule has 1 atom stereocenters. The molecule has 0 radical (unpaired) electrons. The third-order valence-corrected chi connectivity index (χ3v) is 5.81. The van der Waals surface area contributed by atoms with Crippen LogP contribution in [0, 0.1) is 6.92 Å². The molecular weight excluding hydrogens is 376 g/mol. The Morgan fingerprint density at radius 2 is 2.07 bits per heavy atom. The van der Waals surface area contributed by atoms with Crippen molar-refractivity contribution in [2.24, 2.45) is 0 Å². The van der Waals surface area contributed by atoms with Crippen LogP contribution >= 0.6 is 11.3 Å². The van der Waals surface area contributed by atoms with E-state index < -0.39 is 12.1 Å². The van der Waals surface area contributed by atoms with Crippen molar-refractivity contribution < 1.29 is 19.1 Å². The molecular formula is C21H26N2O4S. The topological polar surface area (TPSA) is 68.7 Å². The average Bonchev–Trinajstić information content (AvgIpc) is 3.28. The number of unbranched alkanes of at least 4 members (excludes halogenated alkanes) is 2. The maximum atomic E-state index is 13.3. The number of amides is 1. The van der Waals surface area contributed by atoms with E-state index in [4.69, 9.17) is 9.47 Å². The predicted molar refractivity (Wildman–Crippen MR) is 109 cm³/mol. The van der Waals surface area contributed by atoms with Gasteiger partial charge in [-0.25, -0.2) is 9.78 Å². The fourth-order valence-corrected chi connectivity index (χ4v) is 4.19. The van der Waals surface area contributed by atoms with Crippen LogP contribution in [0.25, 0.3) is 0 Å². The van der Waals surface area contributed by atoms with Crippen molar-refractivity contribution in [1.29, 1.82) is 0 Å². The number of aryl methyl sites for hydroxylation is 1. The van der Waals surface area contributed by atoms with E-state index in [-0.39, 0.29) is 5.91 Å². The van der Waals surface area contributed by atoms with E-state index in [1.807, 2.05) is 24.3 Å². The largest absolute Gasteiger partial charge is 0.480 e. The molecule has 1 unspecified atom stereocenters. The van der Waals surface area contributed by atoms with Gasteiger partial charge in [0.2, 0.25) is 0 Å². The van der Waals surface area contributed by atoms with E-state index in [0.717, 1.165) is 30.6 Å². The molecule has 1 amide bonds. The maximum absolute atomic E-state index is 13.3. The van der Waals surface area contributed by atoms with Gasteiger partial charge in [-0.05, 0) is 31.9 Å². The van der Waals surface area contributed by atoms with Crippen molar-refractivity contribution in [3.63, 3.8) is 0 Å². The van der Waals surface area contributed by atoms with Crippen LogP contribution in [0.15, 0.2) is 24.3 Å². The molecule has 28 heavy (non-hydrogen) atoms. The van der Waals surface area contributed by atoms with Crippen LogP contribution in [-0.4, -0.2) is 36.1 Å². The SMILES string of the molecule is CCCCCN(C(=O)C1Cc2ccccc2O1)c1nc(C)c(C(=O)OCC)s1. The first-order chi connectivity index (χ1) is 13.5. The van der Waals surface area contributed by atoms with E-state index in [1.54, 1.807) is 18.7 Å². The molecule has 1 aromatic heterocycles. The monoisotopic (exact) mass is 402 g/mol. The van der Waals surface area contributed by atoms with Crippen molar-refractivity contribution in [2.75, 3.05) is 18.1 Å². The number of hydrogen-bond donors (Lipinski definition) is 0. The van der Waals surface area contributed by atoms with Crippen LogP contribution in [-0.2, 0) is 16.0 Å². The molecule has 0 fully saturated rings. The van der Waals surface area contributed by atoms with Crippen LogP contribution in [0.2, 0.25) is 0 Å². The summed E-state index contributed by atoms with van der Waals surface area (Å²) in [7, 11) is 0. The number of para-hydroxylation sites is 1. The Morgan fingerprint density at radius 3 is 2.79 bits per heavy atom. The number of nitrogens with zero attached hydrogens (tertiary/aromatic N) is 2. The second-order valence-corrected chi connectivity index (χ2v) is 7.72. The number of fused-ring (bicyclic) bond motifs is 1. The van der Waals surface area contributed by atoms with Crippen LogP contribution in [0.5, 0.6) is 5.75 Å². The number of benzene rings is 1. The Morgan fingerprint density at radius 1 is 1.29 bits per heavy atom. The summed E-state index contributed by atoms with van der Waals surface area (Å²) in [6.07, 6.45) is 2.93. The highest BCUT2D eigenvalue weighted by atomic mass is 32.1. The average molecular weight is 403 g/mol. The minimum atomic E-state index is -0.561. The molecule has 1 aliphatic heterocycles. The fourth-order valence-electron chi connectivity index (χ4n) is 3.20. The second-order valence-electron chi connectivity index (χ2n) is 6.75. The smallest absolute Gasteiger partial charge is 0.350 e. The zero-order chi connectivity index (χ0) is 20.1. The Balaban J connectivity index is 1.82. The molecule has 0 spiro atoms. The number of aromatic nitrogens is 1. The lowest BCUT2D eigenvalue weighted by Crippen LogP contribution is -2.42. The van der Waals surface area contributed by atoms with Crippen molar-refractivity contribution >= 4 is 28.3 Å². The van der Waals surface area contributed by atoms with Gasteiger partial charge in [0.1, 0.15) is 10.6 Å². The van der Waals surface area contributed by atoms with Gasteiger partial charge in [0.05, 0.1) is 12.3 Å². The fraction of sp³-hybridized carbons (Fsp3) is 0.476. The lowest BCUT2D eigenvalue weighted by atomic mass is 10.1. The van der Waals surface area contributed by atoms with E-state index in [1.165, 1.54) is 11.3 Å². The zero-order valence-electron chi connectivity index (χ0n) is 16.6. The van der Waals surface area contributed by atoms with Gasteiger partial charge in [0.15, 0.2) is 11.2 Å². The lowest BCUT2D eigenvalue weighted by molar-refractivity contribution is -0.124. The summed E-state index contributed by atoms with van der Waals surface area (Å²) in [6.45, 7) is 6.51. The number of rotatable bonds is 8. The molecule has 1 aromatic carbocycles. The third-order valence-electron chi connectivity index (χ3n) is 4.65. The van der Waals surface area contributed by atoms with Gasteiger partial charge in [-0.3, -0.25) is 9.69 Å². The van der Waals surface area contributed by atoms with E-state index in [2.05, 4.69) is 11.9 Å². The second kappa shape index (κ2) is 9.19. The predicted octanol–water partition coefficient (Wildman–Crippen LogP) is 4.16. The molecule has 0 aliphatic carbocycles.